The van der Waals surface area contributed by atoms with E-state index in [0.29, 0.717) is 22.8 Å². The lowest BCUT2D eigenvalue weighted by molar-refractivity contribution is -0.141. The number of carbonyl (C=O) groups excluding carboxylic acids is 5. The van der Waals surface area contributed by atoms with Crippen LogP contribution in [0.25, 0.3) is 22.5 Å². The second-order valence-electron chi connectivity index (χ2n) is 17.8. The number of amides is 5. The van der Waals surface area contributed by atoms with Crippen molar-refractivity contribution in [2.45, 2.75) is 90.1 Å². The number of phenols is 1. The van der Waals surface area contributed by atoms with Gasteiger partial charge in [0.1, 0.15) is 55.8 Å². The molecule has 4 bridgehead atoms. The van der Waals surface area contributed by atoms with E-state index in [1.807, 2.05) is 30.3 Å². The summed E-state index contributed by atoms with van der Waals surface area (Å²) in [5.74, 6) is -3.75. The molecule has 368 valence electrons. The molecule has 5 rings (SSSR count). The Morgan fingerprint density at radius 1 is 0.942 bits per heavy atom. The minimum atomic E-state index is -1.59. The van der Waals surface area contributed by atoms with E-state index in [4.69, 9.17) is 26.7 Å². The van der Waals surface area contributed by atoms with Gasteiger partial charge in [-0.05, 0) is 80.1 Å². The van der Waals surface area contributed by atoms with E-state index in [2.05, 4.69) is 52.0 Å². The number of carbonyl (C=O) groups is 5. The molecule has 12 N–H and O–H groups in total. The number of benzene rings is 3. The zero-order chi connectivity index (χ0) is 50.7. The van der Waals surface area contributed by atoms with Gasteiger partial charge in [0, 0.05) is 43.2 Å². The molecule has 20 heteroatoms. The van der Waals surface area contributed by atoms with Gasteiger partial charge in [-0.2, -0.15) is 5.26 Å². The summed E-state index contributed by atoms with van der Waals surface area (Å²) in [6.07, 6.45) is -1.26. The number of aliphatic hydroxyl groups is 1. The van der Waals surface area contributed by atoms with E-state index in [1.165, 1.54) is 32.2 Å². The van der Waals surface area contributed by atoms with Crippen LogP contribution >= 0.6 is 0 Å². The number of nitrogens with one attached hydrogen (secondary N) is 4. The molecule has 4 aromatic rings. The number of phenolic OH excluding ortho intramolecular Hbond substituents is 1. The van der Waals surface area contributed by atoms with Crippen LogP contribution < -0.4 is 47.9 Å². The quantitative estimate of drug-likeness (QED) is 0.0715. The Balaban J connectivity index is 1.62. The number of nitriles is 1. The van der Waals surface area contributed by atoms with Crippen molar-refractivity contribution in [3.05, 3.63) is 88.2 Å². The monoisotopic (exact) mass is 949 g/mol. The summed E-state index contributed by atoms with van der Waals surface area (Å²) in [6.45, 7) is 10.2. The maximum absolute atomic E-state index is 14.8. The number of rotatable bonds is 16. The summed E-state index contributed by atoms with van der Waals surface area (Å²) in [7, 11) is 1.33. The molecule has 0 radical (unpaired) electrons. The first-order chi connectivity index (χ1) is 32.7. The summed E-state index contributed by atoms with van der Waals surface area (Å²) < 4.78 is 11.9. The number of aromatic hydroxyl groups is 1. The Labute approximate surface area is 401 Å². The van der Waals surface area contributed by atoms with Crippen LogP contribution in [-0.4, -0.2) is 125 Å². The molecule has 1 aliphatic heterocycles. The van der Waals surface area contributed by atoms with E-state index in [-0.39, 0.29) is 91.4 Å². The summed E-state index contributed by atoms with van der Waals surface area (Å²) >= 11 is 0. The lowest BCUT2D eigenvalue weighted by atomic mass is 9.86. The molecule has 20 nitrogen and oxygen atoms in total. The molecule has 0 saturated carbocycles. The third-order valence-corrected chi connectivity index (χ3v) is 11.5. The molecular weight excluding hydrogens is 887 g/mol. The van der Waals surface area contributed by atoms with Gasteiger partial charge in [-0.3, -0.25) is 24.0 Å². The highest BCUT2D eigenvalue weighted by Crippen LogP contribution is 2.45. The van der Waals surface area contributed by atoms with Crippen molar-refractivity contribution in [2.75, 3.05) is 46.4 Å². The fourth-order valence-electron chi connectivity index (χ4n) is 7.79. The van der Waals surface area contributed by atoms with Crippen LogP contribution in [-0.2, 0) is 31.0 Å². The van der Waals surface area contributed by atoms with Crippen LogP contribution in [0.1, 0.15) is 78.6 Å². The Morgan fingerprint density at radius 3 is 2.23 bits per heavy atom. The largest absolute Gasteiger partial charge is 0.504 e. The molecule has 5 atom stereocenters. The van der Waals surface area contributed by atoms with Crippen LogP contribution in [0.5, 0.6) is 17.2 Å². The second kappa shape index (κ2) is 23.2. The van der Waals surface area contributed by atoms with Gasteiger partial charge in [0.05, 0.1) is 23.0 Å². The number of hydrogen-bond donors (Lipinski definition) is 9. The summed E-state index contributed by atoms with van der Waals surface area (Å²) in [5.41, 5.74) is 21.0. The summed E-state index contributed by atoms with van der Waals surface area (Å²) in [6, 6.07) is 11.8. The molecule has 3 aromatic carbocycles. The predicted octanol–water partition coefficient (Wildman–Crippen LogP) is 1.30. The third-order valence-electron chi connectivity index (χ3n) is 11.5. The number of ether oxygens (including phenoxy) is 2. The van der Waals surface area contributed by atoms with E-state index in [1.54, 1.807) is 26.0 Å². The Kier molecular flexibility index (Phi) is 17.8. The van der Waals surface area contributed by atoms with E-state index >= 15 is 0 Å². The summed E-state index contributed by atoms with van der Waals surface area (Å²) in [4.78, 5) is 81.3. The lowest BCUT2D eigenvalue weighted by Crippen LogP contribution is -2.56. The number of nitrogens with two attached hydrogens (primary N) is 3. The molecule has 5 amide bonds. The first-order valence-corrected chi connectivity index (χ1v) is 22.6. The first kappa shape index (κ1) is 52.8. The Hall–Kier alpha value is -7.18. The van der Waals surface area contributed by atoms with E-state index in [9.17, 15) is 39.4 Å². The maximum atomic E-state index is 14.8. The molecule has 69 heavy (non-hydrogen) atoms. The maximum Gasteiger partial charge on any atom is 0.255 e. The van der Waals surface area contributed by atoms with Gasteiger partial charge < -0.3 is 63.1 Å². The number of aryl methyl sites for hydroxylation is 2. The molecule has 0 spiro atoms. The lowest BCUT2D eigenvalue weighted by Gasteiger charge is -2.33. The molecule has 1 aromatic heterocycles. The van der Waals surface area contributed by atoms with Crippen LogP contribution in [0.15, 0.2) is 54.6 Å². The van der Waals surface area contributed by atoms with Crippen molar-refractivity contribution in [1.82, 2.24) is 36.1 Å². The van der Waals surface area contributed by atoms with Gasteiger partial charge in [0.15, 0.2) is 17.3 Å². The van der Waals surface area contributed by atoms with Gasteiger partial charge in [-0.15, -0.1) is 0 Å². The number of aliphatic hydroxyl groups excluding tert-OH is 1. The molecule has 0 aliphatic carbocycles. The highest BCUT2D eigenvalue weighted by molar-refractivity contribution is 6.00. The average molecular weight is 950 g/mol. The SMILES string of the molecule is Cc1nc(-c2ccc(C(C)(C)C)cc2)nc(C)c1C(=O)N[C@@H](CCN)C(=O)N(C)[C@@H]1C(=O)N[C@@H](C)C(=O)N[C@H](C(=O)NCC#N)Cc2ccc(OC[C@H](O)CN)c(c2)-c2cc1cc(OCCN)c2O. The predicted molar refractivity (Wildman–Crippen MR) is 257 cm³/mol. The molecule has 0 fully saturated rings. The van der Waals surface area contributed by atoms with Crippen molar-refractivity contribution in [3.8, 4) is 45.8 Å². The normalized spacial score (nSPS) is 16.9. The number of hydrogen-bond acceptors (Lipinski definition) is 15. The van der Waals surface area contributed by atoms with Crippen LogP contribution in [0, 0.1) is 25.2 Å². The zero-order valence-corrected chi connectivity index (χ0v) is 40.0. The van der Waals surface area contributed by atoms with E-state index in [0.717, 1.165) is 16.0 Å². The van der Waals surface area contributed by atoms with Crippen molar-refractivity contribution in [3.63, 3.8) is 0 Å². The molecule has 0 saturated heterocycles. The number of aromatic nitrogens is 2. The van der Waals surface area contributed by atoms with Gasteiger partial charge >= 0.3 is 0 Å². The smallest absolute Gasteiger partial charge is 0.255 e. The Bertz CT molecular complexity index is 2550. The van der Waals surface area contributed by atoms with Crippen molar-refractivity contribution >= 4 is 29.5 Å². The minimum absolute atomic E-state index is 0.0295. The first-order valence-electron chi connectivity index (χ1n) is 22.6. The van der Waals surface area contributed by atoms with E-state index < -0.39 is 65.6 Å². The highest BCUT2D eigenvalue weighted by atomic mass is 16.5. The summed E-state index contributed by atoms with van der Waals surface area (Å²) in [5, 5.41) is 42.0. The third kappa shape index (κ3) is 12.9. The molecule has 0 unspecified atom stereocenters. The fraction of sp³-hybridized carbons (Fsp3) is 0.429. The average Bonchev–Trinajstić information content (AvgIpc) is 3.31. The fourth-order valence-corrected chi connectivity index (χ4v) is 7.79. The minimum Gasteiger partial charge on any atom is -0.504 e. The van der Waals surface area contributed by atoms with Crippen LogP contribution in [0.3, 0.4) is 0 Å². The number of nitrogens with zero attached hydrogens (tertiary/aromatic N) is 4. The Morgan fingerprint density at radius 2 is 1.62 bits per heavy atom. The molecule has 1 aliphatic rings. The van der Waals surface area contributed by atoms with Gasteiger partial charge in [0.2, 0.25) is 23.6 Å². The van der Waals surface area contributed by atoms with Crippen LogP contribution in [0.2, 0.25) is 0 Å². The number of likely N-dealkylation sites (N-methyl/N-ethyl adjacent to an activating group) is 1. The number of fused-ring (bicyclic) bond motifs is 5. The van der Waals surface area contributed by atoms with Gasteiger partial charge in [0.25, 0.3) is 5.91 Å². The van der Waals surface area contributed by atoms with Gasteiger partial charge in [-0.1, -0.05) is 51.1 Å². The van der Waals surface area contributed by atoms with Gasteiger partial charge in [-0.25, -0.2) is 9.97 Å². The highest BCUT2D eigenvalue weighted by Gasteiger charge is 2.37. The zero-order valence-electron chi connectivity index (χ0n) is 40.0. The van der Waals surface area contributed by atoms with Crippen LogP contribution in [0.4, 0.5) is 0 Å². The molecule has 2 heterocycles. The topological polar surface area (TPSA) is 323 Å². The second-order valence-corrected chi connectivity index (χ2v) is 17.8. The van der Waals surface area contributed by atoms with Crippen molar-refractivity contribution < 1.29 is 43.7 Å². The molecular formula is C49H63N11O9. The standard InChI is InChI=1S/C49H63N11O9/c1-26-40(27(2)56-43(55-26)30-9-11-32(12-10-30)49(4,5)6)46(65)58-36(14-15-50)48(67)60(7)41-31-22-35(42(62)39(23-31)68-19-17-52)34-20-29(8-13-38(34)69-25-33(61)24-53)21-37(45(64)54-18-16-51)59-44(63)28(3)57-47(41)66/h8-13,20,22-23,28,33,36-37,41,61-62H,14-15,17-19,21,24-25,50,52-53H2,1-7H3,(H,54,64)(H,57,66)(H,58,65)(H,59,63)/t28-,33+,36-,37-,41-/m0/s1. The van der Waals surface area contributed by atoms with Crippen molar-refractivity contribution in [1.29, 1.82) is 5.26 Å². The van der Waals surface area contributed by atoms with Crippen molar-refractivity contribution in [2.24, 2.45) is 17.2 Å².